The maximum atomic E-state index is 13.9. The van der Waals surface area contributed by atoms with Crippen molar-refractivity contribution in [1.29, 1.82) is 0 Å². The number of hydrogen-bond acceptors (Lipinski definition) is 4. The minimum Gasteiger partial charge on any atom is -0.495 e. The fourth-order valence-electron chi connectivity index (χ4n) is 1.94. The third-order valence-corrected chi connectivity index (χ3v) is 3.08. The first-order valence-corrected chi connectivity index (χ1v) is 5.90. The summed E-state index contributed by atoms with van der Waals surface area (Å²) in [5, 5.41) is 0. The van der Waals surface area contributed by atoms with E-state index in [-0.39, 0.29) is 11.5 Å². The predicted molar refractivity (Wildman–Crippen MR) is 72.9 cm³/mol. The summed E-state index contributed by atoms with van der Waals surface area (Å²) in [7, 11) is 3.31. The molecule has 4 nitrogen and oxygen atoms in total. The van der Waals surface area contributed by atoms with Gasteiger partial charge < -0.3 is 19.8 Å². The number of furan rings is 1. The smallest absolute Gasteiger partial charge is 0.148 e. The molecule has 0 aliphatic carbocycles. The number of benzene rings is 1. The average molecular weight is 264 g/mol. The molecule has 0 amide bonds. The fraction of sp³-hybridized carbons (Fsp3) is 0.286. The lowest BCUT2D eigenvalue weighted by Gasteiger charge is -2.21. The molecule has 0 atom stereocenters. The zero-order chi connectivity index (χ0) is 14.0. The number of halogens is 1. The van der Waals surface area contributed by atoms with Crippen LogP contribution in [0, 0.1) is 12.7 Å². The second kappa shape index (κ2) is 5.22. The van der Waals surface area contributed by atoms with Crippen LogP contribution in [-0.2, 0) is 6.54 Å². The van der Waals surface area contributed by atoms with Gasteiger partial charge in [-0.2, -0.15) is 0 Å². The zero-order valence-electron chi connectivity index (χ0n) is 11.2. The highest BCUT2D eigenvalue weighted by Crippen LogP contribution is 2.31. The van der Waals surface area contributed by atoms with Crippen molar-refractivity contribution in [2.45, 2.75) is 13.5 Å². The minimum absolute atomic E-state index is 0.289. The molecule has 0 aliphatic heterocycles. The van der Waals surface area contributed by atoms with Crippen molar-refractivity contribution in [2.24, 2.45) is 0 Å². The van der Waals surface area contributed by atoms with Crippen LogP contribution in [0.15, 0.2) is 28.9 Å². The quantitative estimate of drug-likeness (QED) is 0.863. The van der Waals surface area contributed by atoms with E-state index in [1.54, 1.807) is 24.3 Å². The van der Waals surface area contributed by atoms with Crippen molar-refractivity contribution in [2.75, 3.05) is 24.8 Å². The van der Waals surface area contributed by atoms with Crippen LogP contribution in [0.3, 0.4) is 0 Å². The Morgan fingerprint density at radius 3 is 2.74 bits per heavy atom. The van der Waals surface area contributed by atoms with Gasteiger partial charge in [0.25, 0.3) is 0 Å². The van der Waals surface area contributed by atoms with Crippen molar-refractivity contribution in [3.05, 3.63) is 41.6 Å². The van der Waals surface area contributed by atoms with Gasteiger partial charge in [0.1, 0.15) is 17.3 Å². The third kappa shape index (κ3) is 2.65. The lowest BCUT2D eigenvalue weighted by molar-refractivity contribution is 0.416. The molecule has 19 heavy (non-hydrogen) atoms. The molecule has 1 aromatic heterocycles. The van der Waals surface area contributed by atoms with Gasteiger partial charge in [0.05, 0.1) is 24.7 Å². The molecule has 0 radical (unpaired) electrons. The van der Waals surface area contributed by atoms with Crippen molar-refractivity contribution in [3.63, 3.8) is 0 Å². The molecule has 0 aliphatic rings. The van der Waals surface area contributed by atoms with Crippen LogP contribution in [0.4, 0.5) is 15.8 Å². The molecular weight excluding hydrogens is 247 g/mol. The van der Waals surface area contributed by atoms with Gasteiger partial charge in [-0.1, -0.05) is 0 Å². The van der Waals surface area contributed by atoms with Gasteiger partial charge in [-0.25, -0.2) is 4.39 Å². The maximum Gasteiger partial charge on any atom is 0.148 e. The summed E-state index contributed by atoms with van der Waals surface area (Å²) in [4.78, 5) is 1.79. The van der Waals surface area contributed by atoms with Crippen LogP contribution in [0.2, 0.25) is 0 Å². The van der Waals surface area contributed by atoms with Crippen LogP contribution in [-0.4, -0.2) is 14.2 Å². The van der Waals surface area contributed by atoms with Crippen molar-refractivity contribution in [1.82, 2.24) is 0 Å². The van der Waals surface area contributed by atoms with Gasteiger partial charge in [-0.05, 0) is 13.0 Å². The summed E-state index contributed by atoms with van der Waals surface area (Å²) in [6, 6.07) is 4.74. The molecule has 5 heteroatoms. The lowest BCUT2D eigenvalue weighted by atomic mass is 10.2. The van der Waals surface area contributed by atoms with Crippen LogP contribution in [0.25, 0.3) is 0 Å². The van der Waals surface area contributed by atoms with Crippen LogP contribution in [0.5, 0.6) is 5.75 Å². The van der Waals surface area contributed by atoms with E-state index in [2.05, 4.69) is 0 Å². The van der Waals surface area contributed by atoms with Gasteiger partial charge in [0.15, 0.2) is 0 Å². The van der Waals surface area contributed by atoms with Crippen LogP contribution >= 0.6 is 0 Å². The number of nitrogen functional groups attached to an aromatic ring is 1. The van der Waals surface area contributed by atoms with E-state index in [9.17, 15) is 4.39 Å². The Kier molecular flexibility index (Phi) is 3.64. The van der Waals surface area contributed by atoms with E-state index in [0.29, 0.717) is 18.0 Å². The van der Waals surface area contributed by atoms with Crippen LogP contribution < -0.4 is 15.4 Å². The monoisotopic (exact) mass is 264 g/mol. The molecule has 1 heterocycles. The molecular formula is C14H17FN2O2. The highest BCUT2D eigenvalue weighted by atomic mass is 19.1. The lowest BCUT2D eigenvalue weighted by Crippen LogP contribution is -2.18. The van der Waals surface area contributed by atoms with Gasteiger partial charge in [-0.3, -0.25) is 0 Å². The molecule has 2 aromatic rings. The molecule has 0 fully saturated rings. The number of hydrogen-bond donors (Lipinski definition) is 1. The molecule has 0 unspecified atom stereocenters. The Morgan fingerprint density at radius 1 is 1.42 bits per heavy atom. The van der Waals surface area contributed by atoms with E-state index >= 15 is 0 Å². The second-order valence-electron chi connectivity index (χ2n) is 4.40. The first-order valence-electron chi connectivity index (χ1n) is 5.90. The van der Waals surface area contributed by atoms with Crippen LogP contribution in [0.1, 0.15) is 11.3 Å². The molecule has 0 saturated carbocycles. The minimum atomic E-state index is -0.373. The summed E-state index contributed by atoms with van der Waals surface area (Å²) in [5.41, 5.74) is 7.40. The largest absolute Gasteiger partial charge is 0.495 e. The number of methoxy groups -OCH3 is 1. The van der Waals surface area contributed by atoms with E-state index in [0.717, 1.165) is 11.3 Å². The zero-order valence-corrected chi connectivity index (χ0v) is 11.2. The highest BCUT2D eigenvalue weighted by Gasteiger charge is 2.14. The Hall–Kier alpha value is -2.17. The van der Waals surface area contributed by atoms with Crippen molar-refractivity contribution in [3.8, 4) is 5.75 Å². The number of aryl methyl sites for hydroxylation is 1. The summed E-state index contributed by atoms with van der Waals surface area (Å²) < 4.78 is 24.3. The number of rotatable bonds is 4. The van der Waals surface area contributed by atoms with Crippen molar-refractivity contribution >= 4 is 11.4 Å². The molecule has 0 spiro atoms. The summed E-state index contributed by atoms with van der Waals surface area (Å²) in [6.07, 6.45) is 1.62. The standard InChI is InChI=1S/C14H17FN2O2/c1-9-10(4-5-19-9)8-17(2)13-7-14(18-3)12(16)6-11(13)15/h4-7H,8,16H2,1-3H3. The first-order chi connectivity index (χ1) is 9.02. The predicted octanol–water partition coefficient (Wildman–Crippen LogP) is 2.95. The van der Waals surface area contributed by atoms with Gasteiger partial charge >= 0.3 is 0 Å². The Morgan fingerprint density at radius 2 is 2.16 bits per heavy atom. The average Bonchev–Trinajstić information content (AvgIpc) is 2.75. The van der Waals surface area contributed by atoms with E-state index in [4.69, 9.17) is 14.9 Å². The maximum absolute atomic E-state index is 13.9. The molecule has 0 bridgehead atoms. The second-order valence-corrected chi connectivity index (χ2v) is 4.40. The highest BCUT2D eigenvalue weighted by molar-refractivity contribution is 5.63. The fourth-order valence-corrected chi connectivity index (χ4v) is 1.94. The Balaban J connectivity index is 2.28. The Labute approximate surface area is 111 Å². The van der Waals surface area contributed by atoms with E-state index < -0.39 is 0 Å². The van der Waals surface area contributed by atoms with Gasteiger partial charge in [0, 0.05) is 31.3 Å². The van der Waals surface area contributed by atoms with Gasteiger partial charge in [0.2, 0.25) is 0 Å². The SMILES string of the molecule is COc1cc(N(C)Cc2ccoc2C)c(F)cc1N. The number of ether oxygens (including phenoxy) is 1. The summed E-state index contributed by atoms with van der Waals surface area (Å²) >= 11 is 0. The molecule has 2 N–H and O–H groups in total. The normalized spacial score (nSPS) is 10.5. The van der Waals surface area contributed by atoms with Crippen molar-refractivity contribution < 1.29 is 13.5 Å². The molecule has 1 aromatic carbocycles. The summed E-state index contributed by atoms with van der Waals surface area (Å²) in [6.45, 7) is 2.43. The molecule has 0 saturated heterocycles. The van der Waals surface area contributed by atoms with E-state index in [1.165, 1.54) is 13.2 Å². The molecule has 2 rings (SSSR count). The number of nitrogens with zero attached hydrogens (tertiary/aromatic N) is 1. The Bertz CT molecular complexity index is 581. The molecule has 102 valence electrons. The topological polar surface area (TPSA) is 51.6 Å². The van der Waals surface area contributed by atoms with Gasteiger partial charge in [-0.15, -0.1) is 0 Å². The first kappa shape index (κ1) is 13.3. The third-order valence-electron chi connectivity index (χ3n) is 3.08. The number of nitrogens with two attached hydrogens (primary N) is 1. The summed E-state index contributed by atoms with van der Waals surface area (Å²) in [5.74, 6) is 0.920. The van der Waals surface area contributed by atoms with E-state index in [1.807, 2.05) is 13.0 Å². The number of anilines is 2.